The highest BCUT2D eigenvalue weighted by Crippen LogP contribution is 2.11. The van der Waals surface area contributed by atoms with Gasteiger partial charge in [-0.3, -0.25) is 9.59 Å². The van der Waals surface area contributed by atoms with E-state index in [1.54, 1.807) is 0 Å². The van der Waals surface area contributed by atoms with Crippen molar-refractivity contribution in [2.24, 2.45) is 0 Å². The number of ketones is 1. The third kappa shape index (κ3) is 4.60. The minimum Gasteiger partial charge on any atom is -0.344 e. The molecule has 0 bridgehead atoms. The van der Waals surface area contributed by atoms with Gasteiger partial charge in [0.15, 0.2) is 5.78 Å². The van der Waals surface area contributed by atoms with E-state index < -0.39 is 6.04 Å². The summed E-state index contributed by atoms with van der Waals surface area (Å²) in [5, 5.41) is 14.8. The molecule has 0 aliphatic carbocycles. The molecule has 0 saturated carbocycles. The van der Waals surface area contributed by atoms with Crippen LogP contribution in [0.5, 0.6) is 0 Å². The molecule has 132 valence electrons. The van der Waals surface area contributed by atoms with Gasteiger partial charge in [0.25, 0.3) is 0 Å². The normalized spacial score (nSPS) is 11.7. The van der Waals surface area contributed by atoms with Crippen molar-refractivity contribution in [3.05, 3.63) is 66.2 Å². The largest absolute Gasteiger partial charge is 0.344 e. The molecule has 1 heterocycles. The van der Waals surface area contributed by atoms with Gasteiger partial charge in [-0.2, -0.15) is 4.80 Å². The van der Waals surface area contributed by atoms with E-state index in [1.807, 2.05) is 60.7 Å². The van der Waals surface area contributed by atoms with E-state index in [4.69, 9.17) is 0 Å². The van der Waals surface area contributed by atoms with Gasteiger partial charge in [-0.1, -0.05) is 60.7 Å². The lowest BCUT2D eigenvalue weighted by Crippen LogP contribution is -2.43. The monoisotopic (exact) mass is 349 g/mol. The minimum atomic E-state index is -0.581. The molecule has 0 fully saturated rings. The third-order valence-electron chi connectivity index (χ3n) is 3.88. The molecule has 0 radical (unpaired) electrons. The lowest BCUT2D eigenvalue weighted by Gasteiger charge is -2.15. The van der Waals surface area contributed by atoms with E-state index >= 15 is 0 Å². The summed E-state index contributed by atoms with van der Waals surface area (Å²) in [4.78, 5) is 25.4. The molecule has 1 atom stereocenters. The summed E-state index contributed by atoms with van der Waals surface area (Å²) in [5.74, 6) is 0.0164. The van der Waals surface area contributed by atoms with Gasteiger partial charge in [0.05, 0.1) is 6.04 Å². The fourth-order valence-electron chi connectivity index (χ4n) is 2.53. The summed E-state index contributed by atoms with van der Waals surface area (Å²) in [6.45, 7) is 1.37. The van der Waals surface area contributed by atoms with Crippen LogP contribution in [-0.4, -0.2) is 37.9 Å². The van der Waals surface area contributed by atoms with Gasteiger partial charge in [-0.15, -0.1) is 10.2 Å². The summed E-state index contributed by atoms with van der Waals surface area (Å²) in [6, 6.07) is 18.4. The van der Waals surface area contributed by atoms with E-state index in [9.17, 15) is 9.59 Å². The Morgan fingerprint density at radius 2 is 1.69 bits per heavy atom. The van der Waals surface area contributed by atoms with Gasteiger partial charge >= 0.3 is 0 Å². The highest BCUT2D eigenvalue weighted by molar-refractivity contribution is 5.87. The van der Waals surface area contributed by atoms with Crippen LogP contribution in [0.3, 0.4) is 0 Å². The maximum absolute atomic E-state index is 12.3. The van der Waals surface area contributed by atoms with E-state index in [1.165, 1.54) is 11.7 Å². The number of hydrogen-bond donors (Lipinski definition) is 1. The molecule has 26 heavy (non-hydrogen) atoms. The first-order chi connectivity index (χ1) is 12.6. The van der Waals surface area contributed by atoms with Gasteiger partial charge in [-0.25, -0.2) is 0 Å². The van der Waals surface area contributed by atoms with E-state index in [-0.39, 0.29) is 18.2 Å². The minimum absolute atomic E-state index is 0.0984. The Hall–Kier alpha value is -3.35. The van der Waals surface area contributed by atoms with Crippen LogP contribution in [0.2, 0.25) is 0 Å². The van der Waals surface area contributed by atoms with E-state index in [0.717, 1.165) is 11.1 Å². The van der Waals surface area contributed by atoms with Gasteiger partial charge < -0.3 is 5.32 Å². The lowest BCUT2D eigenvalue weighted by atomic mass is 10.0. The molecule has 0 spiro atoms. The molecule has 1 amide bonds. The standard InChI is InChI=1S/C19H19N5O2/c1-14(25)17(12-15-8-4-2-5-9-15)20-18(26)13-24-22-19(21-23-24)16-10-6-3-7-11-16/h2-11,17H,12-13H2,1H3,(H,20,26)/t17-/m1/s1. The summed E-state index contributed by atoms with van der Waals surface area (Å²) in [7, 11) is 0. The number of benzene rings is 2. The summed E-state index contributed by atoms with van der Waals surface area (Å²) >= 11 is 0. The smallest absolute Gasteiger partial charge is 0.244 e. The van der Waals surface area contributed by atoms with E-state index in [2.05, 4.69) is 20.7 Å². The van der Waals surface area contributed by atoms with Crippen molar-refractivity contribution in [1.82, 2.24) is 25.5 Å². The fraction of sp³-hybridized carbons (Fsp3) is 0.211. The quantitative estimate of drug-likeness (QED) is 0.701. The number of hydrogen-bond acceptors (Lipinski definition) is 5. The molecule has 1 aromatic heterocycles. The lowest BCUT2D eigenvalue weighted by molar-refractivity contribution is -0.127. The highest BCUT2D eigenvalue weighted by Gasteiger charge is 2.18. The molecule has 1 N–H and O–H groups in total. The first-order valence-corrected chi connectivity index (χ1v) is 8.29. The van der Waals surface area contributed by atoms with Gasteiger partial charge in [0.1, 0.15) is 6.54 Å². The van der Waals surface area contributed by atoms with Crippen LogP contribution < -0.4 is 5.32 Å². The number of rotatable bonds is 7. The Morgan fingerprint density at radius 3 is 2.35 bits per heavy atom. The molecule has 2 aromatic carbocycles. The molecule has 0 unspecified atom stereocenters. The fourth-order valence-corrected chi connectivity index (χ4v) is 2.53. The maximum atomic E-state index is 12.3. The molecule has 7 nitrogen and oxygen atoms in total. The highest BCUT2D eigenvalue weighted by atomic mass is 16.2. The molecule has 0 aliphatic heterocycles. The Kier molecular flexibility index (Phi) is 5.48. The van der Waals surface area contributed by atoms with Crippen molar-refractivity contribution in [3.63, 3.8) is 0 Å². The molecular weight excluding hydrogens is 330 g/mol. The molecular formula is C19H19N5O2. The molecule has 0 aliphatic rings. The van der Waals surface area contributed by atoms with Crippen molar-refractivity contribution in [2.45, 2.75) is 25.9 Å². The number of carbonyl (C=O) groups excluding carboxylic acids is 2. The second-order valence-corrected chi connectivity index (χ2v) is 5.93. The van der Waals surface area contributed by atoms with Gasteiger partial charge in [0, 0.05) is 5.56 Å². The predicted molar refractivity (Wildman–Crippen MR) is 96.0 cm³/mol. The topological polar surface area (TPSA) is 89.8 Å². The van der Waals surface area contributed by atoms with E-state index in [0.29, 0.717) is 12.2 Å². The Labute approximate surface area is 151 Å². The average Bonchev–Trinajstić information content (AvgIpc) is 3.11. The summed E-state index contributed by atoms with van der Waals surface area (Å²) in [5.41, 5.74) is 1.81. The van der Waals surface area contributed by atoms with Gasteiger partial charge in [-0.05, 0) is 24.1 Å². The van der Waals surface area contributed by atoms with Gasteiger partial charge in [0.2, 0.25) is 11.7 Å². The van der Waals surface area contributed by atoms with Crippen molar-refractivity contribution in [3.8, 4) is 11.4 Å². The zero-order chi connectivity index (χ0) is 18.4. The number of amides is 1. The number of carbonyl (C=O) groups is 2. The molecule has 3 rings (SSSR count). The number of tetrazole rings is 1. The third-order valence-corrected chi connectivity index (χ3v) is 3.88. The zero-order valence-electron chi connectivity index (χ0n) is 14.4. The molecule has 7 heteroatoms. The SMILES string of the molecule is CC(=O)[C@@H](Cc1ccccc1)NC(=O)Cn1nnc(-c2ccccc2)n1. The van der Waals surface area contributed by atoms with Crippen molar-refractivity contribution in [2.75, 3.05) is 0 Å². The van der Waals surface area contributed by atoms with Crippen molar-refractivity contribution < 1.29 is 9.59 Å². The predicted octanol–water partition coefficient (Wildman–Crippen LogP) is 1.66. The van der Waals surface area contributed by atoms with Crippen LogP contribution in [0.15, 0.2) is 60.7 Å². The van der Waals surface area contributed by atoms with Crippen LogP contribution in [-0.2, 0) is 22.6 Å². The number of Topliss-reactive ketones (excluding diaryl/α,β-unsaturated/α-hetero) is 1. The molecule has 3 aromatic rings. The van der Waals surface area contributed by atoms with Crippen LogP contribution in [0.25, 0.3) is 11.4 Å². The number of aromatic nitrogens is 4. The number of nitrogens with one attached hydrogen (secondary N) is 1. The van der Waals surface area contributed by atoms with Crippen LogP contribution in [0.4, 0.5) is 0 Å². The Morgan fingerprint density at radius 1 is 1.04 bits per heavy atom. The van der Waals surface area contributed by atoms with Crippen LogP contribution in [0.1, 0.15) is 12.5 Å². The zero-order valence-corrected chi connectivity index (χ0v) is 14.4. The summed E-state index contributed by atoms with van der Waals surface area (Å²) in [6.07, 6.45) is 0.446. The Balaban J connectivity index is 1.62. The van der Waals surface area contributed by atoms with Crippen LogP contribution in [0, 0.1) is 0 Å². The first kappa shape index (κ1) is 17.5. The maximum Gasteiger partial charge on any atom is 0.244 e. The van der Waals surface area contributed by atoms with Crippen molar-refractivity contribution in [1.29, 1.82) is 0 Å². The first-order valence-electron chi connectivity index (χ1n) is 8.29. The summed E-state index contributed by atoms with van der Waals surface area (Å²) < 4.78 is 0. The Bertz CT molecular complexity index is 877. The second kappa shape index (κ2) is 8.15. The van der Waals surface area contributed by atoms with Crippen molar-refractivity contribution >= 4 is 11.7 Å². The van der Waals surface area contributed by atoms with Crippen LogP contribution >= 0.6 is 0 Å². The number of nitrogens with zero attached hydrogens (tertiary/aromatic N) is 4. The average molecular weight is 349 g/mol. The second-order valence-electron chi connectivity index (χ2n) is 5.93. The molecule has 0 saturated heterocycles.